The summed E-state index contributed by atoms with van der Waals surface area (Å²) >= 11 is 0. The summed E-state index contributed by atoms with van der Waals surface area (Å²) in [5.74, 6) is -0.713. The zero-order chi connectivity index (χ0) is 10.4. The molecule has 3 nitrogen and oxygen atoms in total. The number of rotatable bonds is 6. The monoisotopic (exact) mass is 199 g/mol. The Balaban J connectivity index is 2.18. The van der Waals surface area contributed by atoms with Crippen LogP contribution in [0.15, 0.2) is 0 Å². The Bertz CT molecular complexity index is 186. The Labute approximate surface area is 85.9 Å². The van der Waals surface area contributed by atoms with Crippen LogP contribution in [0.3, 0.4) is 0 Å². The van der Waals surface area contributed by atoms with Gasteiger partial charge < -0.3 is 10.4 Å². The highest BCUT2D eigenvalue weighted by atomic mass is 16.4. The van der Waals surface area contributed by atoms with Crippen molar-refractivity contribution in [2.45, 2.75) is 45.4 Å². The topological polar surface area (TPSA) is 49.3 Å². The molecule has 0 radical (unpaired) electrons. The molecule has 0 saturated heterocycles. The van der Waals surface area contributed by atoms with Crippen LogP contribution in [0.1, 0.15) is 45.4 Å². The Morgan fingerprint density at radius 3 is 2.57 bits per heavy atom. The highest BCUT2D eigenvalue weighted by Crippen LogP contribution is 2.40. The molecule has 0 aliphatic heterocycles. The van der Waals surface area contributed by atoms with Crippen LogP contribution >= 0.6 is 0 Å². The van der Waals surface area contributed by atoms with Crippen LogP contribution in [0.5, 0.6) is 0 Å². The molecular weight excluding hydrogens is 178 g/mol. The predicted octanol–water partition coefficient (Wildman–Crippen LogP) is 2.02. The second-order valence-corrected chi connectivity index (χ2v) is 4.38. The molecule has 1 aliphatic rings. The summed E-state index contributed by atoms with van der Waals surface area (Å²) in [4.78, 5) is 10.3. The SMILES string of the molecule is CCC1(CNCCC(=O)O)CCCC1. The molecule has 0 amide bonds. The van der Waals surface area contributed by atoms with E-state index in [9.17, 15) is 4.79 Å². The molecule has 0 spiro atoms. The molecule has 0 atom stereocenters. The van der Waals surface area contributed by atoms with Gasteiger partial charge in [0.25, 0.3) is 0 Å². The van der Waals surface area contributed by atoms with Crippen LogP contribution in [-0.4, -0.2) is 24.2 Å². The normalized spacial score (nSPS) is 19.8. The first kappa shape index (κ1) is 11.5. The molecule has 1 saturated carbocycles. The number of carboxylic acids is 1. The number of hydrogen-bond acceptors (Lipinski definition) is 2. The molecule has 1 aliphatic carbocycles. The van der Waals surface area contributed by atoms with Gasteiger partial charge >= 0.3 is 5.97 Å². The highest BCUT2D eigenvalue weighted by Gasteiger charge is 2.31. The molecule has 3 heteroatoms. The minimum atomic E-state index is -0.713. The molecule has 82 valence electrons. The molecule has 1 fully saturated rings. The van der Waals surface area contributed by atoms with E-state index in [1.807, 2.05) is 0 Å². The lowest BCUT2D eigenvalue weighted by Gasteiger charge is -2.27. The molecule has 1 rings (SSSR count). The van der Waals surface area contributed by atoms with Crippen LogP contribution in [0.4, 0.5) is 0 Å². The fourth-order valence-corrected chi connectivity index (χ4v) is 2.33. The van der Waals surface area contributed by atoms with E-state index < -0.39 is 5.97 Å². The summed E-state index contributed by atoms with van der Waals surface area (Å²) in [5, 5.41) is 11.8. The van der Waals surface area contributed by atoms with Crippen molar-refractivity contribution in [3.05, 3.63) is 0 Å². The first-order valence-corrected chi connectivity index (χ1v) is 5.61. The van der Waals surface area contributed by atoms with Gasteiger partial charge in [0, 0.05) is 13.1 Å². The van der Waals surface area contributed by atoms with Gasteiger partial charge in [-0.3, -0.25) is 4.79 Å². The second-order valence-electron chi connectivity index (χ2n) is 4.38. The number of carbonyl (C=O) groups is 1. The van der Waals surface area contributed by atoms with E-state index in [0.717, 1.165) is 6.54 Å². The minimum Gasteiger partial charge on any atom is -0.481 e. The summed E-state index contributed by atoms with van der Waals surface area (Å²) in [7, 11) is 0. The summed E-state index contributed by atoms with van der Waals surface area (Å²) in [6, 6.07) is 0. The van der Waals surface area contributed by atoms with Gasteiger partial charge in [0.2, 0.25) is 0 Å². The molecule has 2 N–H and O–H groups in total. The van der Waals surface area contributed by atoms with Crippen molar-refractivity contribution >= 4 is 5.97 Å². The third-order valence-electron chi connectivity index (χ3n) is 3.43. The third kappa shape index (κ3) is 3.29. The Morgan fingerprint density at radius 1 is 1.43 bits per heavy atom. The van der Waals surface area contributed by atoms with Crippen molar-refractivity contribution in [3.8, 4) is 0 Å². The Kier molecular flexibility index (Phi) is 4.39. The van der Waals surface area contributed by atoms with E-state index >= 15 is 0 Å². The minimum absolute atomic E-state index is 0.236. The quantitative estimate of drug-likeness (QED) is 0.643. The van der Waals surface area contributed by atoms with Crippen molar-refractivity contribution in [1.29, 1.82) is 0 Å². The molecule has 0 heterocycles. The van der Waals surface area contributed by atoms with E-state index in [1.165, 1.54) is 32.1 Å². The fraction of sp³-hybridized carbons (Fsp3) is 0.909. The van der Waals surface area contributed by atoms with Crippen LogP contribution in [-0.2, 0) is 4.79 Å². The van der Waals surface area contributed by atoms with Crippen molar-refractivity contribution in [1.82, 2.24) is 5.32 Å². The van der Waals surface area contributed by atoms with Crippen LogP contribution < -0.4 is 5.32 Å². The van der Waals surface area contributed by atoms with E-state index in [0.29, 0.717) is 12.0 Å². The third-order valence-corrected chi connectivity index (χ3v) is 3.43. The molecule has 14 heavy (non-hydrogen) atoms. The average molecular weight is 199 g/mol. The van der Waals surface area contributed by atoms with E-state index in [2.05, 4.69) is 12.2 Å². The largest absolute Gasteiger partial charge is 0.481 e. The molecule has 0 unspecified atom stereocenters. The lowest BCUT2D eigenvalue weighted by atomic mass is 9.83. The standard InChI is InChI=1S/C11H21NO2/c1-2-11(6-3-4-7-11)9-12-8-5-10(13)14/h12H,2-9H2,1H3,(H,13,14). The van der Waals surface area contributed by atoms with Gasteiger partial charge in [0.1, 0.15) is 0 Å². The number of nitrogens with one attached hydrogen (secondary N) is 1. The van der Waals surface area contributed by atoms with E-state index in [1.54, 1.807) is 0 Å². The van der Waals surface area contributed by atoms with E-state index in [4.69, 9.17) is 5.11 Å². The maximum atomic E-state index is 10.3. The maximum Gasteiger partial charge on any atom is 0.304 e. The molecular formula is C11H21NO2. The highest BCUT2D eigenvalue weighted by molar-refractivity contribution is 5.66. The summed E-state index contributed by atoms with van der Waals surface area (Å²) in [6.45, 7) is 3.85. The number of aliphatic carboxylic acids is 1. The first-order chi connectivity index (χ1) is 6.68. The fourth-order valence-electron chi connectivity index (χ4n) is 2.33. The van der Waals surface area contributed by atoms with Gasteiger partial charge in [-0.15, -0.1) is 0 Å². The first-order valence-electron chi connectivity index (χ1n) is 5.61. The zero-order valence-corrected chi connectivity index (χ0v) is 9.01. The van der Waals surface area contributed by atoms with Gasteiger partial charge in [0.05, 0.1) is 6.42 Å². The average Bonchev–Trinajstić information content (AvgIpc) is 2.62. The van der Waals surface area contributed by atoms with Gasteiger partial charge in [-0.25, -0.2) is 0 Å². The molecule has 0 bridgehead atoms. The van der Waals surface area contributed by atoms with E-state index in [-0.39, 0.29) is 6.42 Å². The van der Waals surface area contributed by atoms with Crippen molar-refractivity contribution < 1.29 is 9.90 Å². The summed E-state index contributed by atoms with van der Waals surface area (Å²) in [6.07, 6.45) is 6.75. The summed E-state index contributed by atoms with van der Waals surface area (Å²) in [5.41, 5.74) is 0.471. The number of carboxylic acid groups (broad SMARTS) is 1. The predicted molar refractivity (Wildman–Crippen MR) is 56.3 cm³/mol. The van der Waals surface area contributed by atoms with Gasteiger partial charge in [0.15, 0.2) is 0 Å². The molecule has 0 aromatic heterocycles. The van der Waals surface area contributed by atoms with Gasteiger partial charge in [-0.05, 0) is 24.7 Å². The lowest BCUT2D eigenvalue weighted by Crippen LogP contribution is -2.32. The lowest BCUT2D eigenvalue weighted by molar-refractivity contribution is -0.136. The second kappa shape index (κ2) is 5.35. The van der Waals surface area contributed by atoms with Crippen molar-refractivity contribution in [2.75, 3.05) is 13.1 Å². The van der Waals surface area contributed by atoms with Gasteiger partial charge in [-0.1, -0.05) is 19.8 Å². The van der Waals surface area contributed by atoms with Crippen LogP contribution in [0.25, 0.3) is 0 Å². The van der Waals surface area contributed by atoms with Crippen LogP contribution in [0.2, 0.25) is 0 Å². The van der Waals surface area contributed by atoms with Gasteiger partial charge in [-0.2, -0.15) is 0 Å². The summed E-state index contributed by atoms with van der Waals surface area (Å²) < 4.78 is 0. The number of hydrogen-bond donors (Lipinski definition) is 2. The van der Waals surface area contributed by atoms with Crippen LogP contribution in [0, 0.1) is 5.41 Å². The molecule has 0 aromatic rings. The van der Waals surface area contributed by atoms with Crippen molar-refractivity contribution in [2.24, 2.45) is 5.41 Å². The smallest absolute Gasteiger partial charge is 0.304 e. The molecule has 0 aromatic carbocycles. The zero-order valence-electron chi connectivity index (χ0n) is 9.01. The Morgan fingerprint density at radius 2 is 2.07 bits per heavy atom. The maximum absolute atomic E-state index is 10.3. The Hall–Kier alpha value is -0.570. The van der Waals surface area contributed by atoms with Crippen molar-refractivity contribution in [3.63, 3.8) is 0 Å².